The highest BCUT2D eigenvalue weighted by Crippen LogP contribution is 2.25. The van der Waals surface area contributed by atoms with Crippen molar-refractivity contribution in [3.05, 3.63) is 53.9 Å². The third kappa shape index (κ3) is 3.68. The Morgan fingerprint density at radius 1 is 1.25 bits per heavy atom. The van der Waals surface area contributed by atoms with Gasteiger partial charge in [0.2, 0.25) is 0 Å². The molecule has 1 aromatic heterocycles. The van der Waals surface area contributed by atoms with Gasteiger partial charge >= 0.3 is 0 Å². The summed E-state index contributed by atoms with van der Waals surface area (Å²) in [4.78, 5) is 9.13. The van der Waals surface area contributed by atoms with Crippen LogP contribution >= 0.6 is 0 Å². The number of ether oxygens (including phenoxy) is 1. The molecule has 0 saturated carbocycles. The van der Waals surface area contributed by atoms with Crippen molar-refractivity contribution in [2.45, 2.75) is 25.6 Å². The normalized spacial score (nSPS) is 18.6. The lowest BCUT2D eigenvalue weighted by Gasteiger charge is -2.35. The van der Waals surface area contributed by atoms with Crippen molar-refractivity contribution in [2.24, 2.45) is 0 Å². The summed E-state index contributed by atoms with van der Waals surface area (Å²) in [5.74, 6) is 0.875. The number of nitrogens with zero attached hydrogens (tertiary/aromatic N) is 3. The van der Waals surface area contributed by atoms with Gasteiger partial charge in [0, 0.05) is 32.9 Å². The first-order chi connectivity index (χ1) is 11.7. The summed E-state index contributed by atoms with van der Waals surface area (Å²) < 4.78 is 5.23. The van der Waals surface area contributed by atoms with Crippen LogP contribution in [0.3, 0.4) is 0 Å². The first kappa shape index (κ1) is 16.7. The summed E-state index contributed by atoms with van der Waals surface area (Å²) in [5.41, 5.74) is 3.42. The van der Waals surface area contributed by atoms with E-state index in [4.69, 9.17) is 4.74 Å². The van der Waals surface area contributed by atoms with Gasteiger partial charge in [0.25, 0.3) is 0 Å². The monoisotopic (exact) mass is 327 g/mol. The van der Waals surface area contributed by atoms with Crippen LogP contribution in [-0.2, 0) is 13.1 Å². The van der Waals surface area contributed by atoms with Gasteiger partial charge in [-0.3, -0.25) is 9.88 Å². The lowest BCUT2D eigenvalue weighted by molar-refractivity contribution is 0.204. The molecular formula is C19H25N3O2. The highest BCUT2D eigenvalue weighted by molar-refractivity contribution is 5.51. The molecule has 0 radical (unpaired) electrons. The second kappa shape index (κ2) is 7.64. The van der Waals surface area contributed by atoms with Crippen LogP contribution in [0.4, 0.5) is 5.69 Å². The van der Waals surface area contributed by atoms with E-state index in [-0.39, 0.29) is 12.6 Å². The maximum Gasteiger partial charge on any atom is 0.118 e. The summed E-state index contributed by atoms with van der Waals surface area (Å²) in [6, 6.07) is 12.4. The average Bonchev–Trinajstić information content (AvgIpc) is 2.61. The molecule has 1 atom stereocenters. The largest absolute Gasteiger partial charge is 0.497 e. The van der Waals surface area contributed by atoms with Gasteiger partial charge in [-0.1, -0.05) is 12.1 Å². The van der Waals surface area contributed by atoms with Gasteiger partial charge in [0.05, 0.1) is 31.1 Å². The molecule has 0 aliphatic carbocycles. The van der Waals surface area contributed by atoms with Gasteiger partial charge in [0.1, 0.15) is 5.75 Å². The molecule has 1 aliphatic rings. The van der Waals surface area contributed by atoms with E-state index in [9.17, 15) is 5.11 Å². The van der Waals surface area contributed by atoms with Crippen LogP contribution in [0.2, 0.25) is 0 Å². The zero-order valence-electron chi connectivity index (χ0n) is 14.4. The van der Waals surface area contributed by atoms with Crippen molar-refractivity contribution in [3.8, 4) is 5.75 Å². The predicted octanol–water partition coefficient (Wildman–Crippen LogP) is 2.29. The van der Waals surface area contributed by atoms with Crippen molar-refractivity contribution < 1.29 is 9.84 Å². The van der Waals surface area contributed by atoms with Crippen LogP contribution in [0, 0.1) is 0 Å². The van der Waals surface area contributed by atoms with E-state index in [2.05, 4.69) is 33.0 Å². The maximum atomic E-state index is 9.74. The van der Waals surface area contributed by atoms with Crippen molar-refractivity contribution in [1.29, 1.82) is 0 Å². The number of anilines is 1. The maximum absolute atomic E-state index is 9.74. The molecule has 0 spiro atoms. The van der Waals surface area contributed by atoms with Gasteiger partial charge in [-0.25, -0.2) is 0 Å². The molecule has 0 fully saturated rings. The fourth-order valence-corrected chi connectivity index (χ4v) is 3.22. The molecule has 5 heteroatoms. The first-order valence-corrected chi connectivity index (χ1v) is 8.34. The van der Waals surface area contributed by atoms with Gasteiger partial charge < -0.3 is 14.7 Å². The number of pyridine rings is 1. The summed E-state index contributed by atoms with van der Waals surface area (Å²) >= 11 is 0. The van der Waals surface area contributed by atoms with Crippen LogP contribution in [0.5, 0.6) is 5.75 Å². The standard InChI is InChI=1S/C19H25N3O2/c1-21-16(14-23)9-11-22(13-18-19(21)4-3-10-20-18)12-15-5-7-17(24-2)8-6-15/h3-8,10,16,23H,9,11-14H2,1-2H3/t16-/m0/s1. The Balaban J connectivity index is 1.81. The Morgan fingerprint density at radius 3 is 2.75 bits per heavy atom. The Bertz CT molecular complexity index is 660. The second-order valence-corrected chi connectivity index (χ2v) is 6.26. The molecule has 1 aliphatic heterocycles. The molecule has 0 amide bonds. The van der Waals surface area contributed by atoms with E-state index in [0.29, 0.717) is 0 Å². The summed E-state index contributed by atoms with van der Waals surface area (Å²) in [6.45, 7) is 2.76. The Hall–Kier alpha value is -2.11. The van der Waals surface area contributed by atoms with Crippen LogP contribution < -0.4 is 9.64 Å². The van der Waals surface area contributed by atoms with E-state index in [1.54, 1.807) is 7.11 Å². The minimum atomic E-state index is 0.117. The number of benzene rings is 1. The number of aliphatic hydroxyl groups is 1. The van der Waals surface area contributed by atoms with E-state index in [1.807, 2.05) is 31.4 Å². The molecule has 2 heterocycles. The van der Waals surface area contributed by atoms with Gasteiger partial charge in [-0.15, -0.1) is 0 Å². The zero-order valence-corrected chi connectivity index (χ0v) is 14.4. The molecule has 3 rings (SSSR count). The first-order valence-electron chi connectivity index (χ1n) is 8.34. The van der Waals surface area contributed by atoms with Gasteiger partial charge in [-0.05, 0) is 36.2 Å². The molecule has 5 nitrogen and oxygen atoms in total. The average molecular weight is 327 g/mol. The number of likely N-dealkylation sites (N-methyl/N-ethyl adjacent to an activating group) is 1. The Morgan fingerprint density at radius 2 is 2.04 bits per heavy atom. The molecule has 1 N–H and O–H groups in total. The van der Waals surface area contributed by atoms with Crippen molar-refractivity contribution in [3.63, 3.8) is 0 Å². The SMILES string of the molecule is COc1ccc(CN2CC[C@@H](CO)N(C)c3cccnc3C2)cc1. The molecule has 1 aromatic carbocycles. The summed E-state index contributed by atoms with van der Waals surface area (Å²) in [6.07, 6.45) is 2.77. The zero-order chi connectivity index (χ0) is 16.9. The van der Waals surface area contributed by atoms with Gasteiger partial charge in [-0.2, -0.15) is 0 Å². The van der Waals surface area contributed by atoms with E-state index in [1.165, 1.54) is 5.56 Å². The lowest BCUT2D eigenvalue weighted by atomic mass is 10.1. The van der Waals surface area contributed by atoms with Gasteiger partial charge in [0.15, 0.2) is 0 Å². The van der Waals surface area contributed by atoms with Crippen molar-refractivity contribution >= 4 is 5.69 Å². The Kier molecular flexibility index (Phi) is 5.33. The number of rotatable bonds is 4. The summed E-state index contributed by atoms with van der Waals surface area (Å²) in [7, 11) is 3.72. The van der Waals surface area contributed by atoms with Crippen molar-refractivity contribution in [2.75, 3.05) is 32.2 Å². The molecule has 0 saturated heterocycles. The van der Waals surface area contributed by atoms with Crippen molar-refractivity contribution in [1.82, 2.24) is 9.88 Å². The molecular weight excluding hydrogens is 302 g/mol. The Labute approximate surface area is 143 Å². The molecule has 0 unspecified atom stereocenters. The smallest absolute Gasteiger partial charge is 0.118 e. The third-order valence-electron chi connectivity index (χ3n) is 4.72. The molecule has 24 heavy (non-hydrogen) atoms. The molecule has 0 bridgehead atoms. The topological polar surface area (TPSA) is 48.8 Å². The fourth-order valence-electron chi connectivity index (χ4n) is 3.22. The number of hydrogen-bond donors (Lipinski definition) is 1. The second-order valence-electron chi connectivity index (χ2n) is 6.26. The third-order valence-corrected chi connectivity index (χ3v) is 4.72. The minimum Gasteiger partial charge on any atom is -0.497 e. The molecule has 128 valence electrons. The lowest BCUT2D eigenvalue weighted by Crippen LogP contribution is -2.41. The number of fused-ring (bicyclic) bond motifs is 1. The highest BCUT2D eigenvalue weighted by atomic mass is 16.5. The highest BCUT2D eigenvalue weighted by Gasteiger charge is 2.23. The van der Waals surface area contributed by atoms with Crippen LogP contribution in [0.25, 0.3) is 0 Å². The van der Waals surface area contributed by atoms with E-state index >= 15 is 0 Å². The minimum absolute atomic E-state index is 0.117. The van der Waals surface area contributed by atoms with Crippen LogP contribution in [0.15, 0.2) is 42.6 Å². The predicted molar refractivity (Wildman–Crippen MR) is 95.2 cm³/mol. The summed E-state index contributed by atoms with van der Waals surface area (Å²) in [5, 5.41) is 9.74. The number of methoxy groups -OCH3 is 1. The molecule has 2 aromatic rings. The quantitative estimate of drug-likeness (QED) is 0.934. The number of aliphatic hydroxyl groups excluding tert-OH is 1. The fraction of sp³-hybridized carbons (Fsp3) is 0.421. The van der Waals surface area contributed by atoms with E-state index < -0.39 is 0 Å². The number of hydrogen-bond acceptors (Lipinski definition) is 5. The van der Waals surface area contributed by atoms with Crippen LogP contribution in [0.1, 0.15) is 17.7 Å². The number of aromatic nitrogens is 1. The van der Waals surface area contributed by atoms with E-state index in [0.717, 1.165) is 43.2 Å². The van der Waals surface area contributed by atoms with Crippen LogP contribution in [-0.4, -0.2) is 48.3 Å².